The molecule has 0 saturated carbocycles. The highest BCUT2D eigenvalue weighted by molar-refractivity contribution is 5.89. The molecule has 5 heteroatoms. The van der Waals surface area contributed by atoms with Gasteiger partial charge in [0.05, 0.1) is 25.9 Å². The second kappa shape index (κ2) is 9.72. The lowest BCUT2D eigenvalue weighted by molar-refractivity contribution is -0.105. The first kappa shape index (κ1) is 16.9. The molecule has 1 aromatic carbocycles. The van der Waals surface area contributed by atoms with E-state index in [1.165, 1.54) is 7.11 Å². The van der Waals surface area contributed by atoms with Crippen LogP contribution in [-0.4, -0.2) is 39.2 Å². The minimum atomic E-state index is -0.365. The van der Waals surface area contributed by atoms with Gasteiger partial charge in [-0.1, -0.05) is 6.58 Å². The molecule has 0 atom stereocenters. The summed E-state index contributed by atoms with van der Waals surface area (Å²) >= 11 is 0. The van der Waals surface area contributed by atoms with Crippen molar-refractivity contribution in [2.75, 3.05) is 26.9 Å². The second-order valence-corrected chi connectivity index (χ2v) is 4.40. The van der Waals surface area contributed by atoms with Crippen molar-refractivity contribution < 1.29 is 23.8 Å². The molecule has 0 fully saturated rings. The van der Waals surface area contributed by atoms with Gasteiger partial charge in [-0.3, -0.25) is 4.79 Å². The molecule has 0 amide bonds. The Balaban J connectivity index is 2.14. The van der Waals surface area contributed by atoms with Crippen molar-refractivity contribution in [3.63, 3.8) is 0 Å². The van der Waals surface area contributed by atoms with Gasteiger partial charge in [-0.15, -0.1) is 0 Å². The Kier molecular flexibility index (Phi) is 7.82. The van der Waals surface area contributed by atoms with Crippen LogP contribution >= 0.6 is 0 Å². The van der Waals surface area contributed by atoms with E-state index in [0.29, 0.717) is 36.4 Å². The number of ether oxygens (including phenoxy) is 3. The van der Waals surface area contributed by atoms with Gasteiger partial charge >= 0.3 is 5.97 Å². The molecule has 0 aliphatic rings. The Morgan fingerprint density at radius 2 is 1.86 bits per heavy atom. The highest BCUT2D eigenvalue weighted by Gasteiger charge is 2.04. The van der Waals surface area contributed by atoms with Gasteiger partial charge < -0.3 is 14.2 Å². The fourth-order valence-electron chi connectivity index (χ4n) is 1.54. The zero-order valence-electron chi connectivity index (χ0n) is 12.2. The Labute approximate surface area is 124 Å². The van der Waals surface area contributed by atoms with Crippen LogP contribution in [0.15, 0.2) is 36.4 Å². The van der Waals surface area contributed by atoms with Gasteiger partial charge in [0.15, 0.2) is 0 Å². The first-order chi connectivity index (χ1) is 10.2. The zero-order valence-corrected chi connectivity index (χ0v) is 12.2. The normalized spacial score (nSPS) is 9.95. The number of benzene rings is 1. The summed E-state index contributed by atoms with van der Waals surface area (Å²) in [6, 6.07) is 6.79. The van der Waals surface area contributed by atoms with Crippen LogP contribution in [-0.2, 0) is 14.3 Å². The van der Waals surface area contributed by atoms with E-state index < -0.39 is 0 Å². The van der Waals surface area contributed by atoms with Gasteiger partial charge in [-0.2, -0.15) is 0 Å². The predicted molar refractivity (Wildman–Crippen MR) is 78.5 cm³/mol. The third-order valence-electron chi connectivity index (χ3n) is 2.68. The first-order valence-electron chi connectivity index (χ1n) is 6.69. The van der Waals surface area contributed by atoms with Crippen molar-refractivity contribution in [2.24, 2.45) is 0 Å². The number of hydrogen-bond donors (Lipinski definition) is 0. The van der Waals surface area contributed by atoms with Gasteiger partial charge in [-0.05, 0) is 37.1 Å². The number of unbranched alkanes of at least 4 members (excludes halogenated alkanes) is 1. The molecule has 5 nitrogen and oxygen atoms in total. The molecule has 0 unspecified atom stereocenters. The molecular formula is C16H20O5. The summed E-state index contributed by atoms with van der Waals surface area (Å²) in [6.07, 6.45) is 2.37. The Morgan fingerprint density at radius 3 is 2.48 bits per heavy atom. The van der Waals surface area contributed by atoms with E-state index in [1.54, 1.807) is 24.3 Å². The second-order valence-electron chi connectivity index (χ2n) is 4.40. The third kappa shape index (κ3) is 6.72. The molecule has 21 heavy (non-hydrogen) atoms. The lowest BCUT2D eigenvalue weighted by Gasteiger charge is -2.07. The van der Waals surface area contributed by atoms with Crippen LogP contribution in [0, 0.1) is 0 Å². The molecule has 0 spiro atoms. The molecule has 0 aliphatic heterocycles. The minimum Gasteiger partial charge on any atom is -0.494 e. The maximum Gasteiger partial charge on any atom is 0.337 e. The first-order valence-corrected chi connectivity index (χ1v) is 6.69. The van der Waals surface area contributed by atoms with Gasteiger partial charge in [-0.25, -0.2) is 4.79 Å². The highest BCUT2D eigenvalue weighted by atomic mass is 16.5. The Hall–Kier alpha value is -2.14. The van der Waals surface area contributed by atoms with Gasteiger partial charge in [0.1, 0.15) is 12.0 Å². The lowest BCUT2D eigenvalue weighted by Crippen LogP contribution is -2.04. The number of methoxy groups -OCH3 is 1. The summed E-state index contributed by atoms with van der Waals surface area (Å²) in [5, 5.41) is 0. The Morgan fingerprint density at radius 1 is 1.19 bits per heavy atom. The predicted octanol–water partition coefficient (Wildman–Crippen LogP) is 2.40. The number of hydrogen-bond acceptors (Lipinski definition) is 5. The van der Waals surface area contributed by atoms with E-state index in [4.69, 9.17) is 9.47 Å². The average molecular weight is 292 g/mol. The number of carbonyl (C=O) groups is 2. The summed E-state index contributed by atoms with van der Waals surface area (Å²) in [5.41, 5.74) is 0.936. The molecule has 0 radical (unpaired) electrons. The quantitative estimate of drug-likeness (QED) is 0.287. The average Bonchev–Trinajstić information content (AvgIpc) is 2.53. The largest absolute Gasteiger partial charge is 0.494 e. The third-order valence-corrected chi connectivity index (χ3v) is 2.68. The topological polar surface area (TPSA) is 61.8 Å². The zero-order chi connectivity index (χ0) is 15.5. The van der Waals surface area contributed by atoms with Gasteiger partial charge in [0.2, 0.25) is 0 Å². The molecule has 1 rings (SSSR count). The van der Waals surface area contributed by atoms with E-state index in [9.17, 15) is 9.59 Å². The van der Waals surface area contributed by atoms with Crippen molar-refractivity contribution in [1.29, 1.82) is 0 Å². The smallest absolute Gasteiger partial charge is 0.337 e. The summed E-state index contributed by atoms with van der Waals surface area (Å²) in [6.45, 7) is 4.93. The van der Waals surface area contributed by atoms with Crippen molar-refractivity contribution in [3.8, 4) is 5.75 Å². The minimum absolute atomic E-state index is 0.277. The molecular weight excluding hydrogens is 272 g/mol. The molecule has 0 aliphatic carbocycles. The van der Waals surface area contributed by atoms with Crippen molar-refractivity contribution in [3.05, 3.63) is 42.0 Å². The summed E-state index contributed by atoms with van der Waals surface area (Å²) < 4.78 is 15.4. The van der Waals surface area contributed by atoms with E-state index in [2.05, 4.69) is 11.3 Å². The molecule has 0 saturated heterocycles. The van der Waals surface area contributed by atoms with Crippen LogP contribution in [0.5, 0.6) is 5.75 Å². The SMILES string of the molecule is C=C(C=O)COCCCCOc1ccc(C(=O)OC)cc1. The van der Waals surface area contributed by atoms with Gasteiger partial charge in [0.25, 0.3) is 0 Å². The van der Waals surface area contributed by atoms with E-state index in [1.807, 2.05) is 0 Å². The van der Waals surface area contributed by atoms with E-state index in [-0.39, 0.29) is 12.6 Å². The summed E-state index contributed by atoms with van der Waals surface area (Å²) in [4.78, 5) is 21.5. The molecule has 1 aromatic rings. The Bertz CT molecular complexity index is 464. The highest BCUT2D eigenvalue weighted by Crippen LogP contribution is 2.13. The fourth-order valence-corrected chi connectivity index (χ4v) is 1.54. The standard InChI is InChI=1S/C16H20O5/c1-13(11-17)12-20-9-3-4-10-21-15-7-5-14(6-8-15)16(18)19-2/h5-8,11H,1,3-4,9-10,12H2,2H3. The number of rotatable bonds is 10. The van der Waals surface area contributed by atoms with Crippen LogP contribution in [0.2, 0.25) is 0 Å². The van der Waals surface area contributed by atoms with Crippen LogP contribution in [0.25, 0.3) is 0 Å². The van der Waals surface area contributed by atoms with Crippen molar-refractivity contribution in [2.45, 2.75) is 12.8 Å². The monoisotopic (exact) mass is 292 g/mol. The van der Waals surface area contributed by atoms with Crippen LogP contribution < -0.4 is 4.74 Å². The number of carbonyl (C=O) groups excluding carboxylic acids is 2. The van der Waals surface area contributed by atoms with E-state index in [0.717, 1.165) is 12.8 Å². The summed E-state index contributed by atoms with van der Waals surface area (Å²) in [5.74, 6) is 0.341. The van der Waals surface area contributed by atoms with Crippen LogP contribution in [0.1, 0.15) is 23.2 Å². The molecule has 0 heterocycles. The maximum absolute atomic E-state index is 11.3. The van der Waals surface area contributed by atoms with Crippen molar-refractivity contribution >= 4 is 12.3 Å². The van der Waals surface area contributed by atoms with Gasteiger partial charge in [0, 0.05) is 12.2 Å². The fraction of sp³-hybridized carbons (Fsp3) is 0.375. The molecule has 0 aromatic heterocycles. The van der Waals surface area contributed by atoms with E-state index >= 15 is 0 Å². The molecule has 0 bridgehead atoms. The van der Waals surface area contributed by atoms with Crippen molar-refractivity contribution in [1.82, 2.24) is 0 Å². The lowest BCUT2D eigenvalue weighted by atomic mass is 10.2. The number of esters is 1. The molecule has 114 valence electrons. The number of aldehydes is 1. The summed E-state index contributed by atoms with van der Waals surface area (Å²) in [7, 11) is 1.35. The molecule has 0 N–H and O–H groups in total. The van der Waals surface area contributed by atoms with Crippen LogP contribution in [0.4, 0.5) is 0 Å². The maximum atomic E-state index is 11.3. The van der Waals surface area contributed by atoms with Crippen LogP contribution in [0.3, 0.4) is 0 Å².